The molecule has 0 fully saturated rings. The van der Waals surface area contributed by atoms with E-state index in [-0.39, 0.29) is 5.38 Å². The third-order valence-corrected chi connectivity index (χ3v) is 2.50. The van der Waals surface area contributed by atoms with E-state index >= 15 is 0 Å². The number of rotatable bonds is 3. The highest BCUT2D eigenvalue weighted by atomic mass is 35.5. The highest BCUT2D eigenvalue weighted by Gasteiger charge is 2.16. The molecule has 0 bridgehead atoms. The molecule has 72 valence electrons. The highest BCUT2D eigenvalue weighted by molar-refractivity contribution is 6.20. The Hall–Kier alpha value is -0.630. The topological polar surface area (TPSA) is 25.8 Å². The standard InChI is InChI=1S/C10H15ClN2/c1-4-9(8(3)11)10-5-7(2)12-6-13-10/h5-6,8-9H,4H2,1-3H3. The lowest BCUT2D eigenvalue weighted by atomic mass is 9.98. The summed E-state index contributed by atoms with van der Waals surface area (Å²) in [4.78, 5) is 8.30. The van der Waals surface area contributed by atoms with E-state index < -0.39 is 0 Å². The molecule has 2 nitrogen and oxygen atoms in total. The van der Waals surface area contributed by atoms with Crippen LogP contribution in [0.25, 0.3) is 0 Å². The van der Waals surface area contributed by atoms with Crippen molar-refractivity contribution in [2.24, 2.45) is 0 Å². The van der Waals surface area contributed by atoms with Crippen molar-refractivity contribution < 1.29 is 0 Å². The summed E-state index contributed by atoms with van der Waals surface area (Å²) in [5.74, 6) is 0.336. The fourth-order valence-corrected chi connectivity index (χ4v) is 1.75. The van der Waals surface area contributed by atoms with Crippen LogP contribution in [-0.4, -0.2) is 15.3 Å². The molecule has 0 aliphatic heterocycles. The fourth-order valence-electron chi connectivity index (χ4n) is 1.45. The Morgan fingerprint density at radius 2 is 2.15 bits per heavy atom. The summed E-state index contributed by atoms with van der Waals surface area (Å²) < 4.78 is 0. The second-order valence-electron chi connectivity index (χ2n) is 3.28. The number of nitrogens with zero attached hydrogens (tertiary/aromatic N) is 2. The molecule has 1 rings (SSSR count). The van der Waals surface area contributed by atoms with Crippen molar-refractivity contribution in [1.82, 2.24) is 9.97 Å². The van der Waals surface area contributed by atoms with Gasteiger partial charge in [0.05, 0.1) is 0 Å². The maximum atomic E-state index is 6.07. The zero-order valence-electron chi connectivity index (χ0n) is 8.29. The van der Waals surface area contributed by atoms with Gasteiger partial charge in [-0.3, -0.25) is 0 Å². The molecule has 0 aliphatic rings. The fraction of sp³-hybridized carbons (Fsp3) is 0.600. The second-order valence-corrected chi connectivity index (χ2v) is 3.96. The lowest BCUT2D eigenvalue weighted by molar-refractivity contribution is 0.627. The first-order valence-electron chi connectivity index (χ1n) is 4.57. The molecule has 2 atom stereocenters. The molecule has 0 saturated carbocycles. The van der Waals surface area contributed by atoms with Crippen molar-refractivity contribution in [3.8, 4) is 0 Å². The Labute approximate surface area is 84.4 Å². The molecule has 0 saturated heterocycles. The van der Waals surface area contributed by atoms with Crippen LogP contribution in [0.1, 0.15) is 37.6 Å². The molecule has 2 unspecified atom stereocenters. The first-order valence-corrected chi connectivity index (χ1v) is 5.01. The smallest absolute Gasteiger partial charge is 0.115 e. The van der Waals surface area contributed by atoms with Crippen molar-refractivity contribution in [2.45, 2.75) is 38.5 Å². The molecule has 1 aromatic rings. The summed E-state index contributed by atoms with van der Waals surface area (Å²) in [5.41, 5.74) is 2.05. The van der Waals surface area contributed by atoms with Gasteiger partial charge in [0.25, 0.3) is 0 Å². The van der Waals surface area contributed by atoms with E-state index in [1.165, 1.54) is 0 Å². The Morgan fingerprint density at radius 3 is 2.62 bits per heavy atom. The minimum absolute atomic E-state index is 0.124. The molecule has 0 aliphatic carbocycles. The summed E-state index contributed by atoms with van der Waals surface area (Å²) in [5, 5.41) is 0.124. The van der Waals surface area contributed by atoms with E-state index in [1.54, 1.807) is 6.33 Å². The van der Waals surface area contributed by atoms with E-state index in [1.807, 2.05) is 19.9 Å². The van der Waals surface area contributed by atoms with E-state index in [4.69, 9.17) is 11.6 Å². The summed E-state index contributed by atoms with van der Waals surface area (Å²) in [7, 11) is 0. The Morgan fingerprint density at radius 1 is 1.46 bits per heavy atom. The molecule has 1 heterocycles. The van der Waals surface area contributed by atoms with Crippen LogP contribution in [0, 0.1) is 6.92 Å². The van der Waals surface area contributed by atoms with Gasteiger partial charge >= 0.3 is 0 Å². The van der Waals surface area contributed by atoms with E-state index in [9.17, 15) is 0 Å². The normalized spacial score (nSPS) is 15.4. The minimum Gasteiger partial charge on any atom is -0.242 e. The van der Waals surface area contributed by atoms with Crippen molar-refractivity contribution in [3.05, 3.63) is 23.8 Å². The molecule has 3 heteroatoms. The zero-order chi connectivity index (χ0) is 9.84. The number of alkyl halides is 1. The van der Waals surface area contributed by atoms with Crippen LogP contribution in [0.4, 0.5) is 0 Å². The van der Waals surface area contributed by atoms with Crippen LogP contribution < -0.4 is 0 Å². The molecule has 0 aromatic carbocycles. The maximum absolute atomic E-state index is 6.07. The third-order valence-electron chi connectivity index (χ3n) is 2.20. The molecule has 13 heavy (non-hydrogen) atoms. The van der Waals surface area contributed by atoms with Crippen LogP contribution >= 0.6 is 11.6 Å². The lowest BCUT2D eigenvalue weighted by Crippen LogP contribution is -2.10. The zero-order valence-corrected chi connectivity index (χ0v) is 9.04. The largest absolute Gasteiger partial charge is 0.242 e. The Kier molecular flexibility index (Phi) is 3.67. The van der Waals surface area contributed by atoms with Gasteiger partial charge in [0.15, 0.2) is 0 Å². The van der Waals surface area contributed by atoms with Gasteiger partial charge in [-0.05, 0) is 26.3 Å². The summed E-state index contributed by atoms with van der Waals surface area (Å²) in [6, 6.07) is 2.01. The first-order chi connectivity index (χ1) is 6.15. The average Bonchev–Trinajstić information content (AvgIpc) is 2.04. The van der Waals surface area contributed by atoms with Gasteiger partial charge in [0.2, 0.25) is 0 Å². The number of hydrogen-bond acceptors (Lipinski definition) is 2. The Balaban J connectivity index is 2.91. The van der Waals surface area contributed by atoms with Gasteiger partial charge in [-0.15, -0.1) is 11.6 Å². The predicted octanol–water partition coefficient (Wildman–Crippen LogP) is 2.91. The van der Waals surface area contributed by atoms with Crippen molar-refractivity contribution in [2.75, 3.05) is 0 Å². The van der Waals surface area contributed by atoms with Crippen molar-refractivity contribution in [3.63, 3.8) is 0 Å². The SMILES string of the molecule is CCC(c1cc(C)ncn1)C(C)Cl. The highest BCUT2D eigenvalue weighted by Crippen LogP contribution is 2.24. The van der Waals surface area contributed by atoms with Gasteiger partial charge in [-0.25, -0.2) is 9.97 Å². The molecule has 1 aromatic heterocycles. The average molecular weight is 199 g/mol. The van der Waals surface area contributed by atoms with E-state index in [0.717, 1.165) is 17.8 Å². The molecule has 0 spiro atoms. The van der Waals surface area contributed by atoms with E-state index in [2.05, 4.69) is 16.9 Å². The first kappa shape index (κ1) is 10.5. The Bertz CT molecular complexity index is 273. The number of halogens is 1. The van der Waals surface area contributed by atoms with Crippen LogP contribution in [0.2, 0.25) is 0 Å². The lowest BCUT2D eigenvalue weighted by Gasteiger charge is -2.16. The number of aryl methyl sites for hydroxylation is 1. The van der Waals surface area contributed by atoms with Crippen LogP contribution in [0.15, 0.2) is 12.4 Å². The summed E-state index contributed by atoms with van der Waals surface area (Å²) in [6.45, 7) is 6.10. The quantitative estimate of drug-likeness (QED) is 0.698. The molecule has 0 amide bonds. The monoisotopic (exact) mass is 198 g/mol. The predicted molar refractivity (Wildman–Crippen MR) is 55.1 cm³/mol. The molecular formula is C10H15ClN2. The molecular weight excluding hydrogens is 184 g/mol. The van der Waals surface area contributed by atoms with Crippen LogP contribution in [0.3, 0.4) is 0 Å². The third kappa shape index (κ3) is 2.66. The number of hydrogen-bond donors (Lipinski definition) is 0. The second kappa shape index (κ2) is 4.56. The van der Waals surface area contributed by atoms with E-state index in [0.29, 0.717) is 5.92 Å². The van der Waals surface area contributed by atoms with Crippen LogP contribution in [0.5, 0.6) is 0 Å². The maximum Gasteiger partial charge on any atom is 0.115 e. The summed E-state index contributed by atoms with van der Waals surface area (Å²) in [6.07, 6.45) is 2.62. The van der Waals surface area contributed by atoms with Gasteiger partial charge in [-0.2, -0.15) is 0 Å². The van der Waals surface area contributed by atoms with Gasteiger partial charge < -0.3 is 0 Å². The molecule has 0 N–H and O–H groups in total. The minimum atomic E-state index is 0.124. The van der Waals surface area contributed by atoms with Crippen LogP contribution in [-0.2, 0) is 0 Å². The van der Waals surface area contributed by atoms with Crippen molar-refractivity contribution in [1.29, 1.82) is 0 Å². The van der Waals surface area contributed by atoms with Crippen molar-refractivity contribution >= 4 is 11.6 Å². The summed E-state index contributed by atoms with van der Waals surface area (Å²) >= 11 is 6.07. The van der Waals surface area contributed by atoms with Gasteiger partial charge in [0.1, 0.15) is 6.33 Å². The van der Waals surface area contributed by atoms with Gasteiger partial charge in [-0.1, -0.05) is 6.92 Å². The molecule has 0 radical (unpaired) electrons. The van der Waals surface area contributed by atoms with Gasteiger partial charge in [0, 0.05) is 22.7 Å². The number of aromatic nitrogens is 2.